The molecule has 3 heterocycles. The molecule has 6 atom stereocenters. The first-order chi connectivity index (χ1) is 12.5. The molecule has 150 valence electrons. The van der Waals surface area contributed by atoms with E-state index < -0.39 is 57.8 Å². The Balaban J connectivity index is 1.76. The summed E-state index contributed by atoms with van der Waals surface area (Å²) in [5.74, 6) is -1.62. The molecule has 1 fully saturated rings. The zero-order valence-electron chi connectivity index (χ0n) is 13.3. The summed E-state index contributed by atoms with van der Waals surface area (Å²) >= 11 is 0. The minimum Gasteiger partial charge on any atom is -0.778 e. The van der Waals surface area contributed by atoms with Crippen LogP contribution in [-0.2, 0) is 18.4 Å². The first kappa shape index (κ1) is 20.3. The van der Waals surface area contributed by atoms with Crippen LogP contribution in [0.3, 0.4) is 0 Å². The molecule has 3 rings (SSSR count). The van der Waals surface area contributed by atoms with E-state index in [4.69, 9.17) is 9.63 Å². The Morgan fingerprint density at radius 1 is 1.30 bits per heavy atom. The minimum absolute atomic E-state index is 0.0410. The molecule has 0 amide bonds. The van der Waals surface area contributed by atoms with Crippen LogP contribution in [0, 0.1) is 0 Å². The van der Waals surface area contributed by atoms with E-state index in [2.05, 4.69) is 19.5 Å². The molecule has 4 N–H and O–H groups in total. The summed E-state index contributed by atoms with van der Waals surface area (Å²) in [6.45, 7) is -0.809. The Bertz CT molecular complexity index is 985. The zero-order valence-corrected chi connectivity index (χ0v) is 15.1. The molecule has 0 spiro atoms. The van der Waals surface area contributed by atoms with Gasteiger partial charge in [-0.3, -0.25) is 9.36 Å². The van der Waals surface area contributed by atoms with Crippen LogP contribution in [0.1, 0.15) is 6.23 Å². The van der Waals surface area contributed by atoms with Gasteiger partial charge in [-0.05, 0) is 0 Å². The number of imidazole rings is 1. The van der Waals surface area contributed by atoms with Crippen LogP contribution in [0.15, 0.2) is 17.4 Å². The fraction of sp³-hybridized carbons (Fsp3) is 0.545. The molecular formula is C11H14N4O10P2-2. The average Bonchev–Trinajstić information content (AvgIpc) is 3.07. The van der Waals surface area contributed by atoms with Gasteiger partial charge >= 0.3 is 0 Å². The molecule has 1 aliphatic rings. The number of hydrogen-bond acceptors (Lipinski definition) is 11. The van der Waals surface area contributed by atoms with E-state index in [1.807, 2.05) is 0 Å². The molecule has 27 heavy (non-hydrogen) atoms. The van der Waals surface area contributed by atoms with E-state index in [0.29, 0.717) is 0 Å². The van der Waals surface area contributed by atoms with E-state index in [1.165, 1.54) is 4.57 Å². The third-order valence-electron chi connectivity index (χ3n) is 3.76. The number of fused-ring (bicyclic) bond motifs is 1. The Morgan fingerprint density at radius 3 is 2.67 bits per heavy atom. The lowest BCUT2D eigenvalue weighted by Gasteiger charge is -2.29. The first-order valence-corrected chi connectivity index (χ1v) is 10.9. The second-order valence-electron chi connectivity index (χ2n) is 5.79. The quantitative estimate of drug-likeness (QED) is 0.337. The van der Waals surface area contributed by atoms with Crippen molar-refractivity contribution in [2.24, 2.45) is 0 Å². The maximum absolute atomic E-state index is 11.7. The largest absolute Gasteiger partial charge is 0.778 e. The molecule has 1 aliphatic heterocycles. The van der Waals surface area contributed by atoms with Crippen molar-refractivity contribution in [3.05, 3.63) is 23.0 Å². The Kier molecular flexibility index (Phi) is 5.38. The molecule has 0 bridgehead atoms. The highest BCUT2D eigenvalue weighted by Crippen LogP contribution is 2.50. The second kappa shape index (κ2) is 7.17. The number of aliphatic hydroxyl groups is 2. The van der Waals surface area contributed by atoms with Gasteiger partial charge in [-0.2, -0.15) is 0 Å². The number of ether oxygens (including phenoxy) is 1. The van der Waals surface area contributed by atoms with E-state index in [9.17, 15) is 33.9 Å². The van der Waals surface area contributed by atoms with Crippen molar-refractivity contribution in [3.8, 4) is 0 Å². The maximum atomic E-state index is 11.7. The molecule has 1 saturated heterocycles. The van der Waals surface area contributed by atoms with Gasteiger partial charge in [0.15, 0.2) is 17.4 Å². The molecule has 2 aromatic heterocycles. The van der Waals surface area contributed by atoms with Crippen LogP contribution < -0.4 is 15.3 Å². The summed E-state index contributed by atoms with van der Waals surface area (Å²) in [7, 11) is -10.1. The standard InChI is InChI=1S/C11H16N4O10P2/c16-7-5(1-24-27(22,23)4-26(19,20)21)25-11(8(7)17)15-3-14-6-9(15)12-2-13-10(6)18/h2-3,5,7-8,11,16-17H,1,4H2,(H,22,23)(H,12,13,18)(H2,19,20,21)/p-2/t5-,7+,8?,11-/m1/s1. The zero-order chi connectivity index (χ0) is 20.0. The van der Waals surface area contributed by atoms with E-state index in [-0.39, 0.29) is 11.2 Å². The molecule has 0 aromatic carbocycles. The molecule has 16 heteroatoms. The molecule has 14 nitrogen and oxygen atoms in total. The van der Waals surface area contributed by atoms with Crippen LogP contribution in [-0.4, -0.2) is 65.4 Å². The van der Waals surface area contributed by atoms with Gasteiger partial charge in [-0.15, -0.1) is 0 Å². The van der Waals surface area contributed by atoms with Crippen LogP contribution in [0.5, 0.6) is 0 Å². The number of aromatic amines is 1. The third-order valence-corrected chi connectivity index (χ3v) is 7.12. The van der Waals surface area contributed by atoms with Gasteiger partial charge in [0.2, 0.25) is 0 Å². The van der Waals surface area contributed by atoms with Crippen molar-refractivity contribution in [2.45, 2.75) is 24.5 Å². The summed E-state index contributed by atoms with van der Waals surface area (Å²) < 4.78 is 33.2. The molecule has 0 saturated carbocycles. The lowest BCUT2D eigenvalue weighted by Crippen LogP contribution is -2.34. The highest BCUT2D eigenvalue weighted by molar-refractivity contribution is 7.68. The van der Waals surface area contributed by atoms with Crippen molar-refractivity contribution in [1.29, 1.82) is 0 Å². The van der Waals surface area contributed by atoms with Gasteiger partial charge in [-0.25, -0.2) is 9.97 Å². The predicted molar refractivity (Wildman–Crippen MR) is 82.3 cm³/mol. The van der Waals surface area contributed by atoms with Crippen molar-refractivity contribution in [1.82, 2.24) is 19.5 Å². The Labute approximate surface area is 150 Å². The van der Waals surface area contributed by atoms with Crippen molar-refractivity contribution in [3.63, 3.8) is 0 Å². The normalized spacial score (nSPS) is 30.3. The van der Waals surface area contributed by atoms with Crippen molar-refractivity contribution in [2.75, 3.05) is 12.5 Å². The number of nitrogens with one attached hydrogen (secondary N) is 1. The van der Waals surface area contributed by atoms with Gasteiger partial charge in [-0.1, -0.05) is 0 Å². The summed E-state index contributed by atoms with van der Waals surface area (Å²) in [4.78, 5) is 52.5. The van der Waals surface area contributed by atoms with Crippen LogP contribution in [0.4, 0.5) is 0 Å². The maximum Gasteiger partial charge on any atom is 0.278 e. The minimum atomic E-state index is -5.12. The fourth-order valence-electron chi connectivity index (χ4n) is 2.59. The number of hydrogen-bond donors (Lipinski definition) is 4. The third kappa shape index (κ3) is 4.35. The van der Waals surface area contributed by atoms with Crippen LogP contribution >= 0.6 is 15.2 Å². The van der Waals surface area contributed by atoms with Crippen LogP contribution in [0.25, 0.3) is 11.2 Å². The van der Waals surface area contributed by atoms with Gasteiger partial charge in [0.25, 0.3) is 5.56 Å². The molecule has 2 aromatic rings. The SMILES string of the molecule is O=c1[nH]cnc2c1ncn2[C@@H]1O[C@H](COP(=O)([O-])CP(=O)([O-])O)[C@H](O)C1O. The first-order valence-electron chi connectivity index (χ1n) is 7.38. The summed E-state index contributed by atoms with van der Waals surface area (Å²) in [6, 6.07) is 0. The van der Waals surface area contributed by atoms with Crippen molar-refractivity contribution >= 4 is 26.4 Å². The predicted octanol–water partition coefficient (Wildman–Crippen LogP) is -3.19. The van der Waals surface area contributed by atoms with Crippen molar-refractivity contribution < 1.29 is 43.3 Å². The fourth-order valence-corrected chi connectivity index (χ4v) is 5.04. The highest BCUT2D eigenvalue weighted by atomic mass is 31.2. The Hall–Kier alpha value is -1.47. The number of nitrogens with zero attached hydrogens (tertiary/aromatic N) is 3. The molecule has 3 unspecified atom stereocenters. The highest BCUT2D eigenvalue weighted by Gasteiger charge is 2.44. The Morgan fingerprint density at radius 2 is 2.00 bits per heavy atom. The van der Waals surface area contributed by atoms with E-state index >= 15 is 0 Å². The molecule has 0 radical (unpaired) electrons. The average molecular weight is 424 g/mol. The van der Waals surface area contributed by atoms with E-state index in [0.717, 1.165) is 12.7 Å². The number of rotatable bonds is 6. The van der Waals surface area contributed by atoms with Gasteiger partial charge in [0.05, 0.1) is 25.2 Å². The number of H-pyrrole nitrogens is 1. The topological polar surface area (TPSA) is 223 Å². The number of aliphatic hydroxyl groups excluding tert-OH is 2. The molecular weight excluding hydrogens is 410 g/mol. The lowest BCUT2D eigenvalue weighted by atomic mass is 10.1. The van der Waals surface area contributed by atoms with Gasteiger partial charge < -0.3 is 48.3 Å². The summed E-state index contributed by atoms with van der Waals surface area (Å²) in [6.07, 6.45) is -3.51. The van der Waals surface area contributed by atoms with Gasteiger partial charge in [0.1, 0.15) is 33.5 Å². The molecule has 0 aliphatic carbocycles. The van der Waals surface area contributed by atoms with E-state index in [1.54, 1.807) is 0 Å². The number of aromatic nitrogens is 4. The lowest BCUT2D eigenvalue weighted by molar-refractivity contribution is -0.207. The second-order valence-corrected chi connectivity index (χ2v) is 9.67. The monoisotopic (exact) mass is 424 g/mol. The smallest absolute Gasteiger partial charge is 0.278 e. The van der Waals surface area contributed by atoms with Gasteiger partial charge in [0, 0.05) is 0 Å². The summed E-state index contributed by atoms with van der Waals surface area (Å²) in [5.41, 5.74) is -0.524. The summed E-state index contributed by atoms with van der Waals surface area (Å²) in [5, 5.41) is 20.2. The van der Waals surface area contributed by atoms with Crippen LogP contribution in [0.2, 0.25) is 0 Å².